The van der Waals surface area contributed by atoms with E-state index in [0.717, 1.165) is 12.8 Å². The highest BCUT2D eigenvalue weighted by atomic mass is 32.2. The average Bonchev–Trinajstić information content (AvgIpc) is 2.27. The predicted molar refractivity (Wildman–Crippen MR) is 78.6 cm³/mol. The lowest BCUT2D eigenvalue weighted by atomic mass is 9.75. The summed E-state index contributed by atoms with van der Waals surface area (Å²) in [6, 6.07) is 1.12. The number of nitrogens with zero attached hydrogens (tertiary/aromatic N) is 1. The maximum Gasteiger partial charge on any atom is 0.211 e. The number of piperidine rings is 1. The second-order valence-electron chi connectivity index (χ2n) is 7.06. The molecule has 2 fully saturated rings. The first-order chi connectivity index (χ1) is 8.76. The molecule has 0 spiro atoms. The van der Waals surface area contributed by atoms with E-state index in [1.807, 2.05) is 0 Å². The summed E-state index contributed by atoms with van der Waals surface area (Å²) in [5.41, 5.74) is 0.462. The van der Waals surface area contributed by atoms with Crippen molar-refractivity contribution in [3.63, 3.8) is 0 Å². The van der Waals surface area contributed by atoms with Crippen LogP contribution in [0.5, 0.6) is 0 Å². The normalized spacial score (nSPS) is 30.4. The molecule has 0 aromatic heterocycles. The van der Waals surface area contributed by atoms with E-state index >= 15 is 0 Å². The van der Waals surface area contributed by atoms with Gasteiger partial charge in [-0.05, 0) is 37.5 Å². The van der Waals surface area contributed by atoms with Crippen LogP contribution in [0.4, 0.5) is 0 Å². The summed E-state index contributed by atoms with van der Waals surface area (Å²) in [6.45, 7) is 6.05. The third kappa shape index (κ3) is 4.43. The zero-order chi connectivity index (χ0) is 14.1. The van der Waals surface area contributed by atoms with E-state index in [4.69, 9.17) is 0 Å². The fourth-order valence-corrected chi connectivity index (χ4v) is 4.40. The molecule has 1 saturated heterocycles. The molecule has 19 heavy (non-hydrogen) atoms. The zero-order valence-corrected chi connectivity index (χ0v) is 13.3. The van der Waals surface area contributed by atoms with Crippen molar-refractivity contribution in [2.75, 3.05) is 19.3 Å². The molecule has 0 aromatic rings. The van der Waals surface area contributed by atoms with Crippen molar-refractivity contribution in [1.82, 2.24) is 9.62 Å². The zero-order valence-electron chi connectivity index (χ0n) is 12.5. The van der Waals surface area contributed by atoms with Crippen molar-refractivity contribution in [2.24, 2.45) is 5.41 Å². The Hall–Kier alpha value is -0.130. The van der Waals surface area contributed by atoms with Crippen LogP contribution in [-0.2, 0) is 10.0 Å². The van der Waals surface area contributed by atoms with Gasteiger partial charge in [-0.25, -0.2) is 12.7 Å². The Labute approximate surface area is 118 Å². The molecule has 112 valence electrons. The monoisotopic (exact) mass is 288 g/mol. The van der Waals surface area contributed by atoms with Crippen molar-refractivity contribution >= 4 is 10.0 Å². The highest BCUT2D eigenvalue weighted by Crippen LogP contribution is 2.35. The molecule has 0 amide bonds. The van der Waals surface area contributed by atoms with Crippen molar-refractivity contribution in [2.45, 2.75) is 64.5 Å². The fourth-order valence-electron chi connectivity index (χ4n) is 3.53. The largest absolute Gasteiger partial charge is 0.311 e. The summed E-state index contributed by atoms with van der Waals surface area (Å²) in [7, 11) is -3.00. The first kappa shape index (κ1) is 15.3. The molecule has 1 atom stereocenters. The quantitative estimate of drug-likeness (QED) is 0.864. The minimum absolute atomic E-state index is 0.462. The van der Waals surface area contributed by atoms with E-state index in [9.17, 15) is 8.42 Å². The Morgan fingerprint density at radius 2 is 1.74 bits per heavy atom. The van der Waals surface area contributed by atoms with E-state index in [0.29, 0.717) is 30.6 Å². The molecule has 5 heteroatoms. The smallest absolute Gasteiger partial charge is 0.211 e. The van der Waals surface area contributed by atoms with Gasteiger partial charge in [0, 0.05) is 25.2 Å². The predicted octanol–water partition coefficient (Wildman–Crippen LogP) is 1.97. The minimum atomic E-state index is -3.00. The molecule has 1 aliphatic carbocycles. The van der Waals surface area contributed by atoms with Crippen LogP contribution in [0.15, 0.2) is 0 Å². The van der Waals surface area contributed by atoms with Crippen LogP contribution in [0, 0.1) is 5.41 Å². The van der Waals surface area contributed by atoms with Crippen molar-refractivity contribution in [1.29, 1.82) is 0 Å². The molecule has 1 heterocycles. The molecule has 2 rings (SSSR count). The van der Waals surface area contributed by atoms with Gasteiger partial charge in [0.15, 0.2) is 0 Å². The van der Waals surface area contributed by atoms with Gasteiger partial charge in [-0.1, -0.05) is 20.3 Å². The Bertz CT molecular complexity index is 398. The van der Waals surface area contributed by atoms with Gasteiger partial charge in [-0.15, -0.1) is 0 Å². The van der Waals surface area contributed by atoms with Gasteiger partial charge >= 0.3 is 0 Å². The Morgan fingerprint density at radius 3 is 2.26 bits per heavy atom. The molecule has 1 aliphatic heterocycles. The van der Waals surface area contributed by atoms with Crippen molar-refractivity contribution in [3.8, 4) is 0 Å². The van der Waals surface area contributed by atoms with Gasteiger partial charge in [0.25, 0.3) is 0 Å². The van der Waals surface area contributed by atoms with E-state index in [2.05, 4.69) is 19.2 Å². The third-order valence-corrected chi connectivity index (χ3v) is 5.90. The van der Waals surface area contributed by atoms with Crippen molar-refractivity contribution < 1.29 is 8.42 Å². The van der Waals surface area contributed by atoms with Gasteiger partial charge < -0.3 is 5.32 Å². The number of rotatable bonds is 3. The molecule has 1 saturated carbocycles. The highest BCUT2D eigenvalue weighted by molar-refractivity contribution is 7.88. The van der Waals surface area contributed by atoms with Crippen LogP contribution in [0.3, 0.4) is 0 Å². The Morgan fingerprint density at radius 1 is 1.11 bits per heavy atom. The molecule has 2 aliphatic rings. The molecule has 1 N–H and O–H groups in total. The van der Waals surface area contributed by atoms with Crippen LogP contribution in [0.1, 0.15) is 52.4 Å². The summed E-state index contributed by atoms with van der Waals surface area (Å²) in [5.74, 6) is 0. The summed E-state index contributed by atoms with van der Waals surface area (Å²) in [4.78, 5) is 0. The van der Waals surface area contributed by atoms with Gasteiger partial charge in [-0.3, -0.25) is 0 Å². The SMILES string of the molecule is CC1(C)CCCC(NC2CCN(S(C)(=O)=O)CC2)C1. The van der Waals surface area contributed by atoms with Gasteiger partial charge in [0.2, 0.25) is 10.0 Å². The van der Waals surface area contributed by atoms with Crippen molar-refractivity contribution in [3.05, 3.63) is 0 Å². The molecular formula is C14H28N2O2S. The molecule has 4 nitrogen and oxygen atoms in total. The van der Waals surface area contributed by atoms with E-state index in [1.54, 1.807) is 4.31 Å². The molecule has 0 radical (unpaired) electrons. The van der Waals surface area contributed by atoms with Crippen LogP contribution < -0.4 is 5.32 Å². The lowest BCUT2D eigenvalue weighted by Gasteiger charge is -2.39. The summed E-state index contributed by atoms with van der Waals surface area (Å²) < 4.78 is 24.6. The van der Waals surface area contributed by atoms with Gasteiger partial charge in [0.1, 0.15) is 0 Å². The van der Waals surface area contributed by atoms with Gasteiger partial charge in [-0.2, -0.15) is 0 Å². The van der Waals surface area contributed by atoms with E-state index in [-0.39, 0.29) is 0 Å². The first-order valence-electron chi connectivity index (χ1n) is 7.47. The highest BCUT2D eigenvalue weighted by Gasteiger charge is 2.31. The minimum Gasteiger partial charge on any atom is -0.311 e. The second-order valence-corrected chi connectivity index (χ2v) is 9.04. The van der Waals surface area contributed by atoms with Crippen LogP contribution in [0.2, 0.25) is 0 Å². The van der Waals surface area contributed by atoms with Crippen LogP contribution >= 0.6 is 0 Å². The first-order valence-corrected chi connectivity index (χ1v) is 9.32. The molecular weight excluding hydrogens is 260 g/mol. The number of hydrogen-bond donors (Lipinski definition) is 1. The molecule has 0 aromatic carbocycles. The maximum absolute atomic E-state index is 11.5. The summed E-state index contributed by atoms with van der Waals surface area (Å²) >= 11 is 0. The van der Waals surface area contributed by atoms with E-state index in [1.165, 1.54) is 31.9 Å². The lowest BCUT2D eigenvalue weighted by Crippen LogP contribution is -2.49. The summed E-state index contributed by atoms with van der Waals surface area (Å²) in [6.07, 6.45) is 8.37. The average molecular weight is 288 g/mol. The number of nitrogens with one attached hydrogen (secondary N) is 1. The molecule has 1 unspecified atom stereocenters. The standard InChI is InChI=1S/C14H28N2O2S/c1-14(2)8-4-5-13(11-14)15-12-6-9-16(10-7-12)19(3,17)18/h12-13,15H,4-11H2,1-3H3. The second kappa shape index (κ2) is 5.70. The van der Waals surface area contributed by atoms with Crippen LogP contribution in [0.25, 0.3) is 0 Å². The Balaban J connectivity index is 1.80. The van der Waals surface area contributed by atoms with E-state index < -0.39 is 10.0 Å². The Kier molecular flexibility index (Phi) is 4.58. The summed E-state index contributed by atoms with van der Waals surface area (Å²) in [5, 5.41) is 3.76. The van der Waals surface area contributed by atoms with Gasteiger partial charge in [0.05, 0.1) is 6.26 Å². The lowest BCUT2D eigenvalue weighted by molar-refractivity contribution is 0.175. The van der Waals surface area contributed by atoms with Crippen LogP contribution in [-0.4, -0.2) is 44.2 Å². The topological polar surface area (TPSA) is 49.4 Å². The number of hydrogen-bond acceptors (Lipinski definition) is 3. The molecule has 0 bridgehead atoms. The maximum atomic E-state index is 11.5. The third-order valence-electron chi connectivity index (χ3n) is 4.60. The fraction of sp³-hybridized carbons (Fsp3) is 1.00. The number of sulfonamides is 1.